The quantitative estimate of drug-likeness (QED) is 0.292. The first-order chi connectivity index (χ1) is 13.5. The molecule has 2 aromatic carbocycles. The molecule has 0 spiro atoms. The highest BCUT2D eigenvalue weighted by molar-refractivity contribution is 6.08. The first kappa shape index (κ1) is 17.3. The number of ether oxygens (including phenoxy) is 1. The van der Waals surface area contributed by atoms with E-state index in [0.717, 1.165) is 4.90 Å². The zero-order valence-corrected chi connectivity index (χ0v) is 14.5. The average molecular weight is 376 g/mol. The van der Waals surface area contributed by atoms with Crippen LogP contribution in [0.3, 0.4) is 0 Å². The van der Waals surface area contributed by atoms with E-state index in [4.69, 9.17) is 4.74 Å². The Hall–Kier alpha value is -4.14. The van der Waals surface area contributed by atoms with E-state index < -0.39 is 16.8 Å². The number of amides is 1. The molecule has 1 aromatic heterocycles. The molecule has 0 saturated carbocycles. The lowest BCUT2D eigenvalue weighted by Gasteiger charge is -2.20. The van der Waals surface area contributed by atoms with E-state index in [0.29, 0.717) is 11.4 Å². The molecule has 3 aromatic rings. The zero-order valence-electron chi connectivity index (χ0n) is 14.5. The van der Waals surface area contributed by atoms with E-state index in [-0.39, 0.29) is 28.5 Å². The first-order valence-corrected chi connectivity index (χ1v) is 8.19. The summed E-state index contributed by atoms with van der Waals surface area (Å²) < 4.78 is 5.31. The molecule has 1 aliphatic rings. The van der Waals surface area contributed by atoms with Crippen molar-refractivity contribution in [1.29, 1.82) is 0 Å². The minimum absolute atomic E-state index is 0.00519. The third-order valence-electron chi connectivity index (χ3n) is 4.14. The topological polar surface area (TPSA) is 116 Å². The number of rotatable bonds is 2. The SMILES string of the molecule is CC(=O)N1c2cc([N+](=O)[O-])ccc2OC(=O)c2cnc(-c3ccccc3)nc21. The Morgan fingerprint density at radius 3 is 2.61 bits per heavy atom. The van der Waals surface area contributed by atoms with Gasteiger partial charge in [0, 0.05) is 30.8 Å². The number of anilines is 2. The van der Waals surface area contributed by atoms with Crippen molar-refractivity contribution in [3.05, 3.63) is 70.4 Å². The molecule has 0 saturated heterocycles. The molecule has 0 atom stereocenters. The number of esters is 1. The number of carbonyl (C=O) groups excluding carboxylic acids is 2. The van der Waals surface area contributed by atoms with Gasteiger partial charge in [-0.3, -0.25) is 19.8 Å². The van der Waals surface area contributed by atoms with Gasteiger partial charge in [0.1, 0.15) is 11.3 Å². The number of benzene rings is 2. The number of hydrogen-bond donors (Lipinski definition) is 0. The number of aromatic nitrogens is 2. The van der Waals surface area contributed by atoms with Gasteiger partial charge in [-0.05, 0) is 6.07 Å². The second kappa shape index (κ2) is 6.54. The molecular weight excluding hydrogens is 364 g/mol. The van der Waals surface area contributed by atoms with Gasteiger partial charge in [0.05, 0.1) is 4.92 Å². The van der Waals surface area contributed by atoms with Crippen molar-refractivity contribution < 1.29 is 19.2 Å². The summed E-state index contributed by atoms with van der Waals surface area (Å²) in [5.74, 6) is -0.921. The third kappa shape index (κ3) is 2.84. The summed E-state index contributed by atoms with van der Waals surface area (Å²) in [5, 5.41) is 11.2. The fourth-order valence-corrected chi connectivity index (χ4v) is 2.88. The van der Waals surface area contributed by atoms with E-state index in [1.165, 1.54) is 31.3 Å². The van der Waals surface area contributed by atoms with Crippen LogP contribution in [-0.2, 0) is 4.79 Å². The fraction of sp³-hybridized carbons (Fsp3) is 0.0526. The molecule has 0 bridgehead atoms. The van der Waals surface area contributed by atoms with E-state index in [2.05, 4.69) is 9.97 Å². The van der Waals surface area contributed by atoms with E-state index in [1.807, 2.05) is 6.07 Å². The largest absolute Gasteiger partial charge is 0.421 e. The van der Waals surface area contributed by atoms with E-state index in [1.54, 1.807) is 24.3 Å². The lowest BCUT2D eigenvalue weighted by Crippen LogP contribution is -2.25. The second-order valence-electron chi connectivity index (χ2n) is 5.95. The van der Waals surface area contributed by atoms with Crippen LogP contribution in [0.25, 0.3) is 11.4 Å². The maximum atomic E-state index is 12.5. The monoisotopic (exact) mass is 376 g/mol. The molecule has 4 rings (SSSR count). The molecular formula is C19H12N4O5. The molecule has 9 heteroatoms. The van der Waals surface area contributed by atoms with Crippen molar-refractivity contribution in [3.63, 3.8) is 0 Å². The van der Waals surface area contributed by atoms with Crippen molar-refractivity contribution in [3.8, 4) is 17.1 Å². The predicted octanol–water partition coefficient (Wildman–Crippen LogP) is 3.27. The Morgan fingerprint density at radius 2 is 1.93 bits per heavy atom. The van der Waals surface area contributed by atoms with Gasteiger partial charge in [0.2, 0.25) is 5.91 Å². The summed E-state index contributed by atoms with van der Waals surface area (Å²) in [6.45, 7) is 1.27. The Kier molecular flexibility index (Phi) is 4.04. The van der Waals surface area contributed by atoms with Gasteiger partial charge in [-0.25, -0.2) is 14.8 Å². The molecule has 28 heavy (non-hydrogen) atoms. The van der Waals surface area contributed by atoms with Crippen molar-refractivity contribution in [2.24, 2.45) is 0 Å². The average Bonchev–Trinajstić information content (AvgIpc) is 2.81. The lowest BCUT2D eigenvalue weighted by atomic mass is 10.2. The first-order valence-electron chi connectivity index (χ1n) is 8.19. The maximum absolute atomic E-state index is 12.5. The van der Waals surface area contributed by atoms with Crippen molar-refractivity contribution in [2.45, 2.75) is 6.92 Å². The highest BCUT2D eigenvalue weighted by Gasteiger charge is 2.33. The summed E-state index contributed by atoms with van der Waals surface area (Å²) in [5.41, 5.74) is 0.479. The van der Waals surface area contributed by atoms with Crippen LogP contribution < -0.4 is 9.64 Å². The highest BCUT2D eigenvalue weighted by Crippen LogP contribution is 2.41. The molecule has 0 fully saturated rings. The van der Waals surface area contributed by atoms with Crippen LogP contribution in [0.5, 0.6) is 5.75 Å². The van der Waals surface area contributed by atoms with Crippen LogP contribution in [0.2, 0.25) is 0 Å². The van der Waals surface area contributed by atoms with Crippen LogP contribution in [0.15, 0.2) is 54.7 Å². The zero-order chi connectivity index (χ0) is 19.8. The molecule has 1 amide bonds. The molecule has 1 aliphatic heterocycles. The molecule has 0 unspecified atom stereocenters. The molecule has 9 nitrogen and oxygen atoms in total. The van der Waals surface area contributed by atoms with Crippen LogP contribution in [0.1, 0.15) is 17.3 Å². The number of nitro groups is 1. The molecule has 2 heterocycles. The predicted molar refractivity (Wildman–Crippen MR) is 98.3 cm³/mol. The van der Waals surface area contributed by atoms with Crippen molar-refractivity contribution in [1.82, 2.24) is 9.97 Å². The maximum Gasteiger partial charge on any atom is 0.349 e. The normalized spacial score (nSPS) is 12.5. The smallest absolute Gasteiger partial charge is 0.349 e. The Balaban J connectivity index is 1.97. The summed E-state index contributed by atoms with van der Waals surface area (Å²) in [6, 6.07) is 12.7. The molecule has 0 N–H and O–H groups in total. The highest BCUT2D eigenvalue weighted by atomic mass is 16.6. The number of non-ortho nitro benzene ring substituents is 1. The number of carbonyl (C=O) groups is 2. The second-order valence-corrected chi connectivity index (χ2v) is 5.95. The van der Waals surface area contributed by atoms with Gasteiger partial charge in [-0.15, -0.1) is 0 Å². The van der Waals surface area contributed by atoms with Crippen LogP contribution in [0, 0.1) is 10.1 Å². The summed E-state index contributed by atoms with van der Waals surface area (Å²) in [6.07, 6.45) is 1.28. The molecule has 0 aliphatic carbocycles. The molecule has 138 valence electrons. The van der Waals surface area contributed by atoms with E-state index >= 15 is 0 Å². The fourth-order valence-electron chi connectivity index (χ4n) is 2.88. The Bertz CT molecular complexity index is 1130. The van der Waals surface area contributed by atoms with Crippen molar-refractivity contribution >= 4 is 29.1 Å². The van der Waals surface area contributed by atoms with Gasteiger partial charge in [0.25, 0.3) is 5.69 Å². The van der Waals surface area contributed by atoms with Gasteiger partial charge in [-0.1, -0.05) is 30.3 Å². The van der Waals surface area contributed by atoms with Gasteiger partial charge < -0.3 is 4.74 Å². The molecule has 0 radical (unpaired) electrons. The van der Waals surface area contributed by atoms with Crippen LogP contribution in [-0.4, -0.2) is 26.8 Å². The van der Waals surface area contributed by atoms with Gasteiger partial charge in [-0.2, -0.15) is 0 Å². The van der Waals surface area contributed by atoms with Gasteiger partial charge >= 0.3 is 5.97 Å². The summed E-state index contributed by atoms with van der Waals surface area (Å²) >= 11 is 0. The van der Waals surface area contributed by atoms with Gasteiger partial charge in [0.15, 0.2) is 17.4 Å². The van der Waals surface area contributed by atoms with Crippen LogP contribution >= 0.6 is 0 Å². The Morgan fingerprint density at radius 1 is 1.18 bits per heavy atom. The van der Waals surface area contributed by atoms with Crippen molar-refractivity contribution in [2.75, 3.05) is 4.90 Å². The number of nitro benzene ring substituents is 1. The minimum Gasteiger partial charge on any atom is -0.421 e. The standard InChI is InChI=1S/C19H12N4O5/c1-11(24)22-15-9-13(23(26)27)7-8-16(15)28-19(25)14-10-20-17(21-18(14)22)12-5-3-2-4-6-12/h2-10H,1H3. The van der Waals surface area contributed by atoms with Crippen LogP contribution in [0.4, 0.5) is 17.2 Å². The number of hydrogen-bond acceptors (Lipinski definition) is 7. The summed E-state index contributed by atoms with van der Waals surface area (Å²) in [7, 11) is 0. The summed E-state index contributed by atoms with van der Waals surface area (Å²) in [4.78, 5) is 45.3. The van der Waals surface area contributed by atoms with E-state index in [9.17, 15) is 19.7 Å². The number of fused-ring (bicyclic) bond motifs is 2. The Labute approximate surface area is 158 Å². The number of nitrogens with zero attached hydrogens (tertiary/aromatic N) is 4. The third-order valence-corrected chi connectivity index (χ3v) is 4.14. The lowest BCUT2D eigenvalue weighted by molar-refractivity contribution is -0.384. The minimum atomic E-state index is -0.756.